The Kier molecular flexibility index (Phi) is 2.67. The smallest absolute Gasteiger partial charge is 0.107 e. The molecule has 3 heteroatoms. The fourth-order valence-electron chi connectivity index (χ4n) is 2.74. The molecule has 0 N–H and O–H groups in total. The maximum absolute atomic E-state index is 4.78. The van der Waals surface area contributed by atoms with Crippen molar-refractivity contribution in [3.8, 4) is 0 Å². The summed E-state index contributed by atoms with van der Waals surface area (Å²) in [6, 6.07) is 0. The molecule has 1 saturated carbocycles. The summed E-state index contributed by atoms with van der Waals surface area (Å²) in [6.45, 7) is 10.4. The normalized spacial score (nSPS) is 22.7. The molecule has 0 spiro atoms. The van der Waals surface area contributed by atoms with E-state index in [2.05, 4.69) is 52.1 Å². The molecule has 2 rings (SSSR count). The Morgan fingerprint density at radius 2 is 1.81 bits per heavy atom. The van der Waals surface area contributed by atoms with Crippen molar-refractivity contribution in [1.29, 1.82) is 0 Å². The maximum Gasteiger partial charge on any atom is 0.107 e. The number of nitrogens with zero attached hydrogens (tertiary/aromatic N) is 2. The summed E-state index contributed by atoms with van der Waals surface area (Å²) in [5.74, 6) is 0.632. The Hall–Kier alpha value is -0.410. The second-order valence-corrected chi connectivity index (χ2v) is 7.22. The van der Waals surface area contributed by atoms with Gasteiger partial charge in [-0.2, -0.15) is 0 Å². The highest BCUT2D eigenvalue weighted by atomic mass is 32.1. The molecule has 0 atom stereocenters. The zero-order valence-electron chi connectivity index (χ0n) is 11.2. The van der Waals surface area contributed by atoms with Gasteiger partial charge in [-0.25, -0.2) is 4.98 Å². The number of aromatic nitrogens is 1. The molecule has 1 aliphatic carbocycles. The molecular formula is C13H22N2S. The van der Waals surface area contributed by atoms with Gasteiger partial charge in [0, 0.05) is 17.8 Å². The topological polar surface area (TPSA) is 16.1 Å². The van der Waals surface area contributed by atoms with Crippen LogP contribution in [0.15, 0.2) is 5.38 Å². The quantitative estimate of drug-likeness (QED) is 0.803. The summed E-state index contributed by atoms with van der Waals surface area (Å²) < 4.78 is 0. The first-order valence-electron chi connectivity index (χ1n) is 5.86. The van der Waals surface area contributed by atoms with E-state index in [0.29, 0.717) is 16.7 Å². The van der Waals surface area contributed by atoms with Crippen LogP contribution >= 0.6 is 11.3 Å². The van der Waals surface area contributed by atoms with Crippen molar-refractivity contribution in [2.75, 3.05) is 14.1 Å². The molecule has 90 valence electrons. The van der Waals surface area contributed by atoms with Gasteiger partial charge in [-0.05, 0) is 24.9 Å². The van der Waals surface area contributed by atoms with Crippen molar-refractivity contribution in [1.82, 2.24) is 9.88 Å². The highest BCUT2D eigenvalue weighted by molar-refractivity contribution is 7.09. The first-order chi connectivity index (χ1) is 7.26. The fraction of sp³-hybridized carbons (Fsp3) is 0.769. The monoisotopic (exact) mass is 238 g/mol. The van der Waals surface area contributed by atoms with Gasteiger partial charge in [-0.3, -0.25) is 0 Å². The van der Waals surface area contributed by atoms with Crippen molar-refractivity contribution in [2.45, 2.75) is 40.2 Å². The fourth-order valence-corrected chi connectivity index (χ4v) is 3.67. The third-order valence-corrected chi connectivity index (χ3v) is 5.19. The van der Waals surface area contributed by atoms with Crippen LogP contribution in [0.5, 0.6) is 0 Å². The highest BCUT2D eigenvalue weighted by Gasteiger charge is 2.65. The van der Waals surface area contributed by atoms with Gasteiger partial charge in [0.25, 0.3) is 0 Å². The Bertz CT molecular complexity index is 376. The molecule has 0 radical (unpaired) electrons. The lowest BCUT2D eigenvalue weighted by atomic mass is 10.0. The number of hydrogen-bond donors (Lipinski definition) is 0. The van der Waals surface area contributed by atoms with E-state index in [1.807, 2.05) is 0 Å². The second kappa shape index (κ2) is 3.54. The van der Waals surface area contributed by atoms with Crippen LogP contribution in [0.4, 0.5) is 0 Å². The summed E-state index contributed by atoms with van der Waals surface area (Å²) in [6.07, 6.45) is 0. The average molecular weight is 238 g/mol. The Labute approximate surface area is 103 Å². The zero-order valence-corrected chi connectivity index (χ0v) is 12.0. The third kappa shape index (κ3) is 1.70. The molecule has 1 aromatic heterocycles. The van der Waals surface area contributed by atoms with Crippen molar-refractivity contribution in [2.24, 2.45) is 10.8 Å². The van der Waals surface area contributed by atoms with Crippen molar-refractivity contribution in [3.05, 3.63) is 16.1 Å². The van der Waals surface area contributed by atoms with E-state index in [4.69, 9.17) is 4.98 Å². The largest absolute Gasteiger partial charge is 0.303 e. The first-order valence-corrected chi connectivity index (χ1v) is 6.74. The predicted octanol–water partition coefficient (Wildman–Crippen LogP) is 3.35. The van der Waals surface area contributed by atoms with E-state index in [1.54, 1.807) is 11.3 Å². The molecular weight excluding hydrogens is 216 g/mol. The lowest BCUT2D eigenvalue weighted by Gasteiger charge is -2.05. The molecule has 16 heavy (non-hydrogen) atoms. The number of thiazole rings is 1. The summed E-state index contributed by atoms with van der Waals surface area (Å²) >= 11 is 1.79. The standard InChI is InChI=1S/C13H22N2S/c1-12(2)11(13(12,3)4)9-8-16-10(14-9)7-15(5)6/h8,11H,7H2,1-6H3. The summed E-state index contributed by atoms with van der Waals surface area (Å²) in [4.78, 5) is 6.95. The van der Waals surface area contributed by atoms with Crippen LogP contribution in [-0.2, 0) is 6.54 Å². The number of hydrogen-bond acceptors (Lipinski definition) is 3. The van der Waals surface area contributed by atoms with Crippen LogP contribution in [0.25, 0.3) is 0 Å². The highest BCUT2D eigenvalue weighted by Crippen LogP contribution is 2.73. The van der Waals surface area contributed by atoms with E-state index >= 15 is 0 Å². The van der Waals surface area contributed by atoms with Gasteiger partial charge < -0.3 is 4.90 Å². The van der Waals surface area contributed by atoms with Crippen LogP contribution in [0, 0.1) is 10.8 Å². The van der Waals surface area contributed by atoms with Crippen molar-refractivity contribution in [3.63, 3.8) is 0 Å². The van der Waals surface area contributed by atoms with Gasteiger partial charge in [0.05, 0.1) is 5.69 Å². The van der Waals surface area contributed by atoms with Crippen LogP contribution in [0.2, 0.25) is 0 Å². The lowest BCUT2D eigenvalue weighted by molar-refractivity contribution is 0.401. The summed E-state index contributed by atoms with van der Waals surface area (Å²) in [5.41, 5.74) is 2.10. The summed E-state index contributed by atoms with van der Waals surface area (Å²) in [5, 5.41) is 3.48. The molecule has 1 aromatic rings. The minimum Gasteiger partial charge on any atom is -0.303 e. The minimum absolute atomic E-state index is 0.399. The van der Waals surface area contributed by atoms with Crippen molar-refractivity contribution >= 4 is 11.3 Å². The van der Waals surface area contributed by atoms with Gasteiger partial charge in [-0.15, -0.1) is 11.3 Å². The van der Waals surface area contributed by atoms with Gasteiger partial charge in [0.2, 0.25) is 0 Å². The van der Waals surface area contributed by atoms with Gasteiger partial charge in [0.1, 0.15) is 5.01 Å². The van der Waals surface area contributed by atoms with Crippen LogP contribution < -0.4 is 0 Å². The molecule has 0 amide bonds. The average Bonchev–Trinajstić information content (AvgIpc) is 2.47. The van der Waals surface area contributed by atoms with Crippen LogP contribution in [0.3, 0.4) is 0 Å². The second-order valence-electron chi connectivity index (χ2n) is 6.28. The molecule has 1 aliphatic rings. The molecule has 0 bridgehead atoms. The van der Waals surface area contributed by atoms with Gasteiger partial charge in [-0.1, -0.05) is 27.7 Å². The van der Waals surface area contributed by atoms with E-state index < -0.39 is 0 Å². The Balaban J connectivity index is 2.16. The minimum atomic E-state index is 0.399. The summed E-state index contributed by atoms with van der Waals surface area (Å²) in [7, 11) is 4.18. The molecule has 0 aliphatic heterocycles. The van der Waals surface area contributed by atoms with Crippen LogP contribution in [0.1, 0.15) is 44.3 Å². The predicted molar refractivity (Wildman–Crippen MR) is 69.8 cm³/mol. The van der Waals surface area contributed by atoms with E-state index in [-0.39, 0.29) is 0 Å². The van der Waals surface area contributed by atoms with Crippen LogP contribution in [-0.4, -0.2) is 24.0 Å². The third-order valence-electron chi connectivity index (χ3n) is 4.34. The van der Waals surface area contributed by atoms with E-state index in [0.717, 1.165) is 6.54 Å². The van der Waals surface area contributed by atoms with Crippen molar-refractivity contribution < 1.29 is 0 Å². The van der Waals surface area contributed by atoms with E-state index in [9.17, 15) is 0 Å². The molecule has 0 unspecified atom stereocenters. The zero-order chi connectivity index (χ0) is 12.1. The lowest BCUT2D eigenvalue weighted by Crippen LogP contribution is -2.10. The molecule has 0 aromatic carbocycles. The Morgan fingerprint density at radius 1 is 1.25 bits per heavy atom. The molecule has 2 nitrogen and oxygen atoms in total. The molecule has 1 heterocycles. The van der Waals surface area contributed by atoms with Gasteiger partial charge >= 0.3 is 0 Å². The Morgan fingerprint density at radius 3 is 2.25 bits per heavy atom. The molecule has 1 fully saturated rings. The SMILES string of the molecule is CN(C)Cc1nc(C2C(C)(C)C2(C)C)cs1. The number of rotatable bonds is 3. The van der Waals surface area contributed by atoms with Gasteiger partial charge in [0.15, 0.2) is 0 Å². The van der Waals surface area contributed by atoms with E-state index in [1.165, 1.54) is 10.7 Å². The maximum atomic E-state index is 4.78. The molecule has 0 saturated heterocycles. The first kappa shape index (κ1) is 12.1.